The Kier molecular flexibility index (Phi) is 1.93. The molecule has 1 aromatic heterocycles. The van der Waals surface area contributed by atoms with Crippen LogP contribution in [0, 0.1) is 6.58 Å². The number of fused-ring (bicyclic) bond motifs is 1. The van der Waals surface area contributed by atoms with Gasteiger partial charge in [-0.2, -0.15) is 0 Å². The molecule has 1 radical (unpaired) electrons. The molecule has 65 valence electrons. The molecule has 1 aromatic carbocycles. The van der Waals surface area contributed by atoms with Crippen LogP contribution < -0.4 is 0 Å². The Labute approximate surface area is 78.1 Å². The Hall–Kier alpha value is -1.50. The molecule has 0 aliphatic heterocycles. The lowest BCUT2D eigenvalue weighted by Gasteiger charge is -1.99. The van der Waals surface area contributed by atoms with E-state index in [0.717, 1.165) is 0 Å². The topological polar surface area (TPSA) is 15.8 Å². The number of para-hydroxylation sites is 1. The lowest BCUT2D eigenvalue weighted by molar-refractivity contribution is 0.928. The second-order valence-electron chi connectivity index (χ2n) is 3.29. The van der Waals surface area contributed by atoms with E-state index in [1.165, 1.54) is 16.6 Å². The molecule has 1 heterocycles. The van der Waals surface area contributed by atoms with E-state index in [9.17, 15) is 0 Å². The Morgan fingerprint density at radius 3 is 2.85 bits per heavy atom. The first-order valence-electron chi connectivity index (χ1n) is 4.44. The lowest BCUT2D eigenvalue weighted by Crippen LogP contribution is -1.86. The molecule has 0 saturated heterocycles. The van der Waals surface area contributed by atoms with E-state index >= 15 is 0 Å². The fourth-order valence-corrected chi connectivity index (χ4v) is 1.44. The fourth-order valence-electron chi connectivity index (χ4n) is 1.44. The maximum absolute atomic E-state index is 5.48. The molecule has 13 heavy (non-hydrogen) atoms. The van der Waals surface area contributed by atoms with Gasteiger partial charge in [-0.3, -0.25) is 0 Å². The zero-order chi connectivity index (χ0) is 9.26. The van der Waals surface area contributed by atoms with E-state index in [-0.39, 0.29) is 5.92 Å². The predicted octanol–water partition coefficient (Wildman–Crippen LogP) is 3.26. The highest BCUT2D eigenvalue weighted by Crippen LogP contribution is 2.21. The zero-order valence-corrected chi connectivity index (χ0v) is 7.62. The molecule has 2 rings (SSSR count). The van der Waals surface area contributed by atoms with Gasteiger partial charge in [-0.1, -0.05) is 37.8 Å². The molecule has 0 fully saturated rings. The summed E-state index contributed by atoms with van der Waals surface area (Å²) in [6.45, 7) is 7.56. The van der Waals surface area contributed by atoms with Crippen molar-refractivity contribution < 1.29 is 0 Å². The van der Waals surface area contributed by atoms with Crippen LogP contribution >= 0.6 is 0 Å². The fraction of sp³-hybridized carbons (Fsp3) is 0.167. The van der Waals surface area contributed by atoms with Crippen molar-refractivity contribution in [2.45, 2.75) is 12.8 Å². The van der Waals surface area contributed by atoms with Crippen LogP contribution in [-0.4, -0.2) is 4.98 Å². The number of allylic oxidation sites excluding steroid dienone is 1. The van der Waals surface area contributed by atoms with Gasteiger partial charge in [-0.15, -0.1) is 0 Å². The Morgan fingerprint density at radius 1 is 1.38 bits per heavy atom. The molecule has 0 aliphatic rings. The van der Waals surface area contributed by atoms with Crippen molar-refractivity contribution >= 4 is 10.9 Å². The van der Waals surface area contributed by atoms with Gasteiger partial charge in [0.25, 0.3) is 0 Å². The van der Waals surface area contributed by atoms with Crippen molar-refractivity contribution in [2.75, 3.05) is 0 Å². The van der Waals surface area contributed by atoms with E-state index in [1.807, 2.05) is 12.1 Å². The van der Waals surface area contributed by atoms with Crippen LogP contribution in [0.5, 0.6) is 0 Å². The van der Waals surface area contributed by atoms with Gasteiger partial charge < -0.3 is 4.98 Å². The highest BCUT2D eigenvalue weighted by molar-refractivity contribution is 5.80. The van der Waals surface area contributed by atoms with Crippen molar-refractivity contribution in [1.82, 2.24) is 4.98 Å². The number of aromatic nitrogens is 1. The molecule has 1 nitrogen and oxygen atoms in total. The normalized spacial score (nSPS) is 13.0. The SMILES string of the molecule is [CH]=CC(C)c1cc2ccccc2[nH]1. The zero-order valence-electron chi connectivity index (χ0n) is 7.62. The Morgan fingerprint density at radius 2 is 2.15 bits per heavy atom. The van der Waals surface area contributed by atoms with Gasteiger partial charge >= 0.3 is 0 Å². The maximum Gasteiger partial charge on any atom is 0.0456 e. The number of aromatic amines is 1. The summed E-state index contributed by atoms with van der Waals surface area (Å²) in [6.07, 6.45) is 1.70. The van der Waals surface area contributed by atoms with Crippen LogP contribution in [0.2, 0.25) is 0 Å². The lowest BCUT2D eigenvalue weighted by atomic mass is 10.1. The van der Waals surface area contributed by atoms with Gasteiger partial charge in [0.05, 0.1) is 0 Å². The number of benzene rings is 1. The largest absolute Gasteiger partial charge is 0.358 e. The van der Waals surface area contributed by atoms with E-state index in [0.29, 0.717) is 0 Å². The third-order valence-corrected chi connectivity index (χ3v) is 2.33. The van der Waals surface area contributed by atoms with Gasteiger partial charge in [-0.25, -0.2) is 0 Å². The van der Waals surface area contributed by atoms with Gasteiger partial charge in [-0.05, 0) is 17.5 Å². The van der Waals surface area contributed by atoms with Crippen molar-refractivity contribution in [2.24, 2.45) is 0 Å². The minimum atomic E-state index is 0.285. The quantitative estimate of drug-likeness (QED) is 0.712. The number of nitrogens with one attached hydrogen (secondary N) is 1. The van der Waals surface area contributed by atoms with Crippen molar-refractivity contribution in [3.8, 4) is 0 Å². The van der Waals surface area contributed by atoms with Crippen LogP contribution in [0.3, 0.4) is 0 Å². The molecule has 0 amide bonds. The summed E-state index contributed by atoms with van der Waals surface area (Å²) in [5, 5.41) is 1.24. The average Bonchev–Trinajstić information content (AvgIpc) is 2.59. The summed E-state index contributed by atoms with van der Waals surface area (Å²) in [5.74, 6) is 0.285. The number of hydrogen-bond acceptors (Lipinski definition) is 0. The predicted molar refractivity (Wildman–Crippen MR) is 55.6 cm³/mol. The van der Waals surface area contributed by atoms with Crippen LogP contribution in [0.25, 0.3) is 10.9 Å². The highest BCUT2D eigenvalue weighted by Gasteiger charge is 2.03. The maximum atomic E-state index is 5.48. The van der Waals surface area contributed by atoms with Crippen LogP contribution in [-0.2, 0) is 0 Å². The number of rotatable bonds is 2. The number of H-pyrrole nitrogens is 1. The third kappa shape index (κ3) is 1.37. The van der Waals surface area contributed by atoms with Crippen molar-refractivity contribution in [3.63, 3.8) is 0 Å². The van der Waals surface area contributed by atoms with E-state index in [1.54, 1.807) is 6.08 Å². The summed E-state index contributed by atoms with van der Waals surface area (Å²) in [5.41, 5.74) is 2.34. The van der Waals surface area contributed by atoms with E-state index < -0.39 is 0 Å². The molecule has 1 atom stereocenters. The summed E-state index contributed by atoms with van der Waals surface area (Å²) in [6, 6.07) is 10.4. The minimum Gasteiger partial charge on any atom is -0.358 e. The molecular weight excluding hydrogens is 158 g/mol. The van der Waals surface area contributed by atoms with Crippen molar-refractivity contribution in [3.05, 3.63) is 48.7 Å². The third-order valence-electron chi connectivity index (χ3n) is 2.33. The standard InChI is InChI=1S/C12H12N/c1-3-9(2)12-8-10-6-4-5-7-11(10)13-12/h1,3-9,13H,2H3. The molecule has 0 saturated carbocycles. The monoisotopic (exact) mass is 170 g/mol. The van der Waals surface area contributed by atoms with Crippen LogP contribution in [0.1, 0.15) is 18.5 Å². The molecule has 0 bridgehead atoms. The number of hydrogen-bond donors (Lipinski definition) is 1. The Balaban J connectivity index is 2.55. The first-order chi connectivity index (χ1) is 6.31. The van der Waals surface area contributed by atoms with Gasteiger partial charge in [0.15, 0.2) is 0 Å². The molecule has 1 N–H and O–H groups in total. The molecule has 2 aromatic rings. The highest BCUT2D eigenvalue weighted by atomic mass is 14.7. The van der Waals surface area contributed by atoms with E-state index in [2.05, 4.69) is 30.1 Å². The first kappa shape index (κ1) is 8.11. The van der Waals surface area contributed by atoms with Crippen LogP contribution in [0.15, 0.2) is 36.4 Å². The second kappa shape index (κ2) is 3.09. The van der Waals surface area contributed by atoms with E-state index in [4.69, 9.17) is 6.58 Å². The smallest absolute Gasteiger partial charge is 0.0456 e. The summed E-state index contributed by atoms with van der Waals surface area (Å²) >= 11 is 0. The van der Waals surface area contributed by atoms with Gasteiger partial charge in [0, 0.05) is 17.1 Å². The van der Waals surface area contributed by atoms with Crippen molar-refractivity contribution in [1.29, 1.82) is 0 Å². The summed E-state index contributed by atoms with van der Waals surface area (Å²) < 4.78 is 0. The average molecular weight is 170 g/mol. The summed E-state index contributed by atoms with van der Waals surface area (Å²) in [7, 11) is 0. The van der Waals surface area contributed by atoms with Gasteiger partial charge in [0.2, 0.25) is 0 Å². The molecule has 1 heteroatoms. The molecule has 0 spiro atoms. The molecule has 0 aliphatic carbocycles. The second-order valence-corrected chi connectivity index (χ2v) is 3.29. The van der Waals surface area contributed by atoms with Crippen LogP contribution in [0.4, 0.5) is 0 Å². The molecule has 1 unspecified atom stereocenters. The Bertz CT molecular complexity index is 392. The first-order valence-corrected chi connectivity index (χ1v) is 4.44. The van der Waals surface area contributed by atoms with Gasteiger partial charge in [0.1, 0.15) is 0 Å². The minimum absolute atomic E-state index is 0.285. The summed E-state index contributed by atoms with van der Waals surface area (Å²) in [4.78, 5) is 3.34. The molecular formula is C12H12N.